The number of likely N-dealkylation sites (N-methyl/N-ethyl adjacent to an activating group) is 1. The monoisotopic (exact) mass is 387 g/mol. The highest BCUT2D eigenvalue weighted by Crippen LogP contribution is 2.39. The molecule has 0 aliphatic heterocycles. The Kier molecular flexibility index (Phi) is 4.28. The van der Waals surface area contributed by atoms with Gasteiger partial charge in [-0.3, -0.25) is 9.59 Å². The summed E-state index contributed by atoms with van der Waals surface area (Å²) in [6.07, 6.45) is 3.06. The minimum atomic E-state index is 0.0216. The Hall–Kier alpha value is -2.92. The van der Waals surface area contributed by atoms with Gasteiger partial charge in [0.1, 0.15) is 0 Å². The number of carbonyl (C=O) groups excluding carboxylic acids is 1. The van der Waals surface area contributed by atoms with Gasteiger partial charge in [-0.1, -0.05) is 13.8 Å². The maximum Gasteiger partial charge on any atom is 0.189 e. The van der Waals surface area contributed by atoms with Crippen molar-refractivity contribution in [1.82, 2.24) is 14.5 Å². The van der Waals surface area contributed by atoms with E-state index in [9.17, 15) is 9.59 Å². The van der Waals surface area contributed by atoms with E-state index in [2.05, 4.69) is 40.4 Å². The van der Waals surface area contributed by atoms with Gasteiger partial charge in [-0.05, 0) is 49.3 Å². The molecule has 0 saturated heterocycles. The summed E-state index contributed by atoms with van der Waals surface area (Å²) < 4.78 is 2.36. The summed E-state index contributed by atoms with van der Waals surface area (Å²) in [7, 11) is 0. The first-order valence-electron chi connectivity index (χ1n) is 10.5. The second-order valence-corrected chi connectivity index (χ2v) is 7.81. The van der Waals surface area contributed by atoms with Crippen molar-refractivity contribution in [1.29, 1.82) is 0 Å². The van der Waals surface area contributed by atoms with E-state index in [0.717, 1.165) is 71.0 Å². The number of nitrogens with one attached hydrogen (secondary N) is 1. The molecule has 5 rings (SSSR count). The molecule has 0 atom stereocenters. The molecule has 0 spiro atoms. The summed E-state index contributed by atoms with van der Waals surface area (Å²) >= 11 is 0. The summed E-state index contributed by atoms with van der Waals surface area (Å²) in [5.74, 6) is 0.222. The lowest BCUT2D eigenvalue weighted by Gasteiger charge is -2.19. The van der Waals surface area contributed by atoms with Gasteiger partial charge in [-0.25, -0.2) is 0 Å². The van der Waals surface area contributed by atoms with Crippen molar-refractivity contribution < 1.29 is 4.79 Å². The SMILES string of the molecule is CCN(CC)CCn1c2ccc3c(c2c2c4[nH]ccc(=O)c4ccc21)CCC3=O. The Morgan fingerprint density at radius 3 is 2.52 bits per heavy atom. The predicted molar refractivity (Wildman–Crippen MR) is 118 cm³/mol. The van der Waals surface area contributed by atoms with Crippen molar-refractivity contribution in [2.75, 3.05) is 19.6 Å². The van der Waals surface area contributed by atoms with E-state index in [4.69, 9.17) is 0 Å². The van der Waals surface area contributed by atoms with Crippen LogP contribution in [-0.2, 0) is 13.0 Å². The van der Waals surface area contributed by atoms with Crippen LogP contribution in [0.4, 0.5) is 0 Å². The molecule has 1 N–H and O–H groups in total. The number of ketones is 1. The molecule has 0 radical (unpaired) electrons. The first-order valence-corrected chi connectivity index (χ1v) is 10.5. The zero-order valence-corrected chi connectivity index (χ0v) is 16.9. The van der Waals surface area contributed by atoms with E-state index in [1.807, 2.05) is 12.1 Å². The molecule has 0 fully saturated rings. The standard InChI is InChI=1S/C24H25N3O2/c1-3-26(4-2)13-14-27-18-8-5-15-16(7-10-20(15)28)22(18)23-19(27)9-6-17-21(29)11-12-25-24(17)23/h5-6,8-9,11-12H,3-4,7,10,13-14H2,1-2H3,(H,25,29). The first kappa shape index (κ1) is 18.1. The zero-order valence-electron chi connectivity index (χ0n) is 16.9. The Bertz CT molecular complexity index is 1330. The van der Waals surface area contributed by atoms with Crippen LogP contribution in [0, 0.1) is 0 Å². The van der Waals surface area contributed by atoms with Crippen LogP contribution < -0.4 is 5.43 Å². The fourth-order valence-corrected chi connectivity index (χ4v) is 4.90. The van der Waals surface area contributed by atoms with Gasteiger partial charge in [0.25, 0.3) is 0 Å². The molecule has 5 heteroatoms. The predicted octanol–water partition coefficient (Wildman–Crippen LogP) is 4.11. The summed E-state index contributed by atoms with van der Waals surface area (Å²) in [5.41, 5.74) is 5.14. The van der Waals surface area contributed by atoms with E-state index >= 15 is 0 Å². The van der Waals surface area contributed by atoms with E-state index in [0.29, 0.717) is 11.8 Å². The molecule has 4 aromatic rings. The molecule has 29 heavy (non-hydrogen) atoms. The van der Waals surface area contributed by atoms with Crippen molar-refractivity contribution in [3.8, 4) is 0 Å². The summed E-state index contributed by atoms with van der Waals surface area (Å²) in [6, 6.07) is 9.64. The molecule has 2 aromatic carbocycles. The number of hydrogen-bond donors (Lipinski definition) is 1. The molecule has 0 saturated carbocycles. The molecule has 0 unspecified atom stereocenters. The highest BCUT2D eigenvalue weighted by Gasteiger charge is 2.26. The van der Waals surface area contributed by atoms with Gasteiger partial charge in [0.15, 0.2) is 11.2 Å². The lowest BCUT2D eigenvalue weighted by Crippen LogP contribution is -2.26. The molecular weight excluding hydrogens is 362 g/mol. The van der Waals surface area contributed by atoms with Crippen molar-refractivity contribution in [3.05, 3.63) is 57.9 Å². The molecule has 0 amide bonds. The fraction of sp³-hybridized carbons (Fsp3) is 0.333. The normalized spacial score (nSPS) is 14.0. The van der Waals surface area contributed by atoms with E-state index in [-0.39, 0.29) is 11.2 Å². The smallest absolute Gasteiger partial charge is 0.189 e. The number of nitrogens with zero attached hydrogens (tertiary/aromatic N) is 2. The zero-order chi connectivity index (χ0) is 20.1. The van der Waals surface area contributed by atoms with Gasteiger partial charge in [0.05, 0.1) is 11.0 Å². The number of pyridine rings is 1. The maximum atomic E-state index is 12.5. The highest BCUT2D eigenvalue weighted by molar-refractivity contribution is 6.22. The summed E-state index contributed by atoms with van der Waals surface area (Å²) in [5, 5.41) is 2.90. The van der Waals surface area contributed by atoms with Gasteiger partial charge < -0.3 is 14.5 Å². The third kappa shape index (κ3) is 2.64. The summed E-state index contributed by atoms with van der Waals surface area (Å²) in [6.45, 7) is 8.25. The number of Topliss-reactive ketones (excluding diaryl/α,β-unsaturated/α-hetero) is 1. The van der Waals surface area contributed by atoms with Crippen molar-refractivity contribution >= 4 is 38.5 Å². The molecule has 2 aromatic heterocycles. The van der Waals surface area contributed by atoms with Crippen LogP contribution in [0.3, 0.4) is 0 Å². The number of hydrogen-bond acceptors (Lipinski definition) is 3. The molecular formula is C24H25N3O2. The lowest BCUT2D eigenvalue weighted by atomic mass is 10.0. The Morgan fingerprint density at radius 2 is 1.72 bits per heavy atom. The van der Waals surface area contributed by atoms with Gasteiger partial charge in [0, 0.05) is 59.0 Å². The number of carbonyl (C=O) groups is 1. The van der Waals surface area contributed by atoms with Gasteiger partial charge >= 0.3 is 0 Å². The van der Waals surface area contributed by atoms with Crippen LogP contribution in [0.15, 0.2) is 41.3 Å². The first-order chi connectivity index (χ1) is 14.1. The van der Waals surface area contributed by atoms with Crippen LogP contribution in [0.25, 0.3) is 32.7 Å². The average molecular weight is 387 g/mol. The lowest BCUT2D eigenvalue weighted by molar-refractivity contribution is 0.0994. The Balaban J connectivity index is 1.87. The van der Waals surface area contributed by atoms with E-state index in [1.54, 1.807) is 12.3 Å². The maximum absolute atomic E-state index is 12.5. The van der Waals surface area contributed by atoms with Crippen LogP contribution in [-0.4, -0.2) is 39.9 Å². The highest BCUT2D eigenvalue weighted by atomic mass is 16.1. The third-order valence-corrected chi connectivity index (χ3v) is 6.47. The van der Waals surface area contributed by atoms with Gasteiger partial charge in [-0.15, -0.1) is 0 Å². The largest absolute Gasteiger partial charge is 0.360 e. The van der Waals surface area contributed by atoms with Crippen molar-refractivity contribution in [2.24, 2.45) is 0 Å². The number of aromatic nitrogens is 2. The topological polar surface area (TPSA) is 58.1 Å². The van der Waals surface area contributed by atoms with Crippen LogP contribution in [0.5, 0.6) is 0 Å². The second kappa shape index (κ2) is 6.85. The van der Waals surface area contributed by atoms with Crippen LogP contribution in [0.1, 0.15) is 36.2 Å². The third-order valence-electron chi connectivity index (χ3n) is 6.47. The average Bonchev–Trinajstić information content (AvgIpc) is 3.27. The molecule has 5 nitrogen and oxygen atoms in total. The quantitative estimate of drug-likeness (QED) is 0.561. The molecule has 1 aliphatic carbocycles. The number of H-pyrrole nitrogens is 1. The van der Waals surface area contributed by atoms with Crippen LogP contribution in [0.2, 0.25) is 0 Å². The number of aromatic amines is 1. The van der Waals surface area contributed by atoms with Gasteiger partial charge in [0.2, 0.25) is 0 Å². The van der Waals surface area contributed by atoms with Crippen molar-refractivity contribution in [3.63, 3.8) is 0 Å². The molecule has 0 bridgehead atoms. The number of fused-ring (bicyclic) bond motifs is 7. The number of aryl methyl sites for hydroxylation is 1. The fourth-order valence-electron chi connectivity index (χ4n) is 4.90. The molecule has 148 valence electrons. The molecule has 1 aliphatic rings. The molecule has 2 heterocycles. The Morgan fingerprint density at radius 1 is 0.966 bits per heavy atom. The van der Waals surface area contributed by atoms with Crippen LogP contribution >= 0.6 is 0 Å². The number of benzene rings is 2. The second-order valence-electron chi connectivity index (χ2n) is 7.81. The minimum absolute atomic E-state index is 0.0216. The minimum Gasteiger partial charge on any atom is -0.360 e. The van der Waals surface area contributed by atoms with Crippen molar-refractivity contribution in [2.45, 2.75) is 33.2 Å². The van der Waals surface area contributed by atoms with Gasteiger partial charge in [-0.2, -0.15) is 0 Å². The number of rotatable bonds is 5. The van der Waals surface area contributed by atoms with E-state index < -0.39 is 0 Å². The Labute approximate surface area is 168 Å². The van der Waals surface area contributed by atoms with E-state index in [1.165, 1.54) is 0 Å². The summed E-state index contributed by atoms with van der Waals surface area (Å²) in [4.78, 5) is 30.6.